The molecule has 5 heteroatoms. The highest BCUT2D eigenvalue weighted by molar-refractivity contribution is 7.17. The summed E-state index contributed by atoms with van der Waals surface area (Å²) in [6.07, 6.45) is 1.12. The lowest BCUT2D eigenvalue weighted by Gasteiger charge is -2.18. The summed E-state index contributed by atoms with van der Waals surface area (Å²) in [6, 6.07) is 12.8. The van der Waals surface area contributed by atoms with Gasteiger partial charge in [0.15, 0.2) is 0 Å². The van der Waals surface area contributed by atoms with Crippen LogP contribution in [0, 0.1) is 6.92 Å². The molecular formula is C25H28N2O2S. The molecule has 4 rings (SSSR count). The van der Waals surface area contributed by atoms with E-state index in [-0.39, 0.29) is 5.56 Å². The number of aryl methyl sites for hydroxylation is 1. The molecule has 4 nitrogen and oxygen atoms in total. The average molecular weight is 421 g/mol. The fourth-order valence-corrected chi connectivity index (χ4v) is 4.91. The van der Waals surface area contributed by atoms with E-state index in [1.54, 1.807) is 7.11 Å². The van der Waals surface area contributed by atoms with Gasteiger partial charge in [0, 0.05) is 16.3 Å². The first kappa shape index (κ1) is 20.6. The molecule has 0 aliphatic heterocycles. The van der Waals surface area contributed by atoms with Crippen molar-refractivity contribution in [2.24, 2.45) is 0 Å². The van der Waals surface area contributed by atoms with Gasteiger partial charge < -0.3 is 14.6 Å². The number of fused-ring (bicyclic) bond motifs is 3. The molecule has 0 spiro atoms. The number of aromatic amines is 1. The van der Waals surface area contributed by atoms with E-state index in [0.29, 0.717) is 5.92 Å². The van der Waals surface area contributed by atoms with Gasteiger partial charge in [0.25, 0.3) is 5.56 Å². The highest BCUT2D eigenvalue weighted by atomic mass is 32.1. The van der Waals surface area contributed by atoms with Crippen molar-refractivity contribution in [3.05, 3.63) is 63.3 Å². The summed E-state index contributed by atoms with van der Waals surface area (Å²) in [4.78, 5) is 17.9. The Morgan fingerprint density at radius 1 is 1.17 bits per heavy atom. The first-order valence-electron chi connectivity index (χ1n) is 10.3. The number of ether oxygens (including phenoxy) is 1. The minimum atomic E-state index is -0.0308. The van der Waals surface area contributed by atoms with Crippen molar-refractivity contribution in [2.45, 2.75) is 26.2 Å². The minimum absolute atomic E-state index is 0.0308. The number of hydrogen-bond acceptors (Lipinski definition) is 4. The summed E-state index contributed by atoms with van der Waals surface area (Å²) in [5.41, 5.74) is 5.32. The molecule has 0 saturated heterocycles. The van der Waals surface area contributed by atoms with Gasteiger partial charge in [0.2, 0.25) is 0 Å². The van der Waals surface area contributed by atoms with E-state index < -0.39 is 0 Å². The maximum absolute atomic E-state index is 12.6. The van der Waals surface area contributed by atoms with Crippen LogP contribution in [0.4, 0.5) is 0 Å². The third-order valence-electron chi connectivity index (χ3n) is 5.87. The maximum atomic E-state index is 12.6. The lowest BCUT2D eigenvalue weighted by Crippen LogP contribution is -2.15. The molecule has 4 aromatic rings. The van der Waals surface area contributed by atoms with Crippen LogP contribution in [0.5, 0.6) is 5.75 Å². The second-order valence-corrected chi connectivity index (χ2v) is 9.17. The van der Waals surface area contributed by atoms with Gasteiger partial charge in [-0.2, -0.15) is 0 Å². The second-order valence-electron chi connectivity index (χ2n) is 8.25. The van der Waals surface area contributed by atoms with E-state index in [0.717, 1.165) is 56.4 Å². The van der Waals surface area contributed by atoms with Crippen molar-refractivity contribution in [1.82, 2.24) is 9.88 Å². The predicted molar refractivity (Wildman–Crippen MR) is 128 cm³/mol. The number of methoxy groups -OCH3 is 1. The van der Waals surface area contributed by atoms with E-state index in [9.17, 15) is 4.79 Å². The van der Waals surface area contributed by atoms with Crippen molar-refractivity contribution in [3.63, 3.8) is 0 Å². The summed E-state index contributed by atoms with van der Waals surface area (Å²) in [5, 5.41) is 4.02. The van der Waals surface area contributed by atoms with E-state index in [2.05, 4.69) is 55.2 Å². The zero-order valence-electron chi connectivity index (χ0n) is 18.2. The second kappa shape index (κ2) is 8.25. The van der Waals surface area contributed by atoms with Crippen LogP contribution in [0.3, 0.4) is 0 Å². The Bertz CT molecular complexity index is 1250. The van der Waals surface area contributed by atoms with E-state index >= 15 is 0 Å². The molecule has 2 aromatic carbocycles. The molecule has 2 aromatic heterocycles. The number of aromatic nitrogens is 1. The molecule has 1 N–H and O–H groups in total. The number of pyridine rings is 1. The fourth-order valence-electron chi connectivity index (χ4n) is 4.11. The maximum Gasteiger partial charge on any atom is 0.266 e. The van der Waals surface area contributed by atoms with Crippen molar-refractivity contribution < 1.29 is 4.74 Å². The van der Waals surface area contributed by atoms with Crippen molar-refractivity contribution in [2.75, 3.05) is 27.7 Å². The summed E-state index contributed by atoms with van der Waals surface area (Å²) in [7, 11) is 5.93. The Morgan fingerprint density at radius 3 is 2.57 bits per heavy atom. The number of thiophene rings is 1. The van der Waals surface area contributed by atoms with Crippen LogP contribution in [0.1, 0.15) is 30.4 Å². The summed E-state index contributed by atoms with van der Waals surface area (Å²) < 4.78 is 6.55. The van der Waals surface area contributed by atoms with E-state index in [1.165, 1.54) is 16.9 Å². The first-order chi connectivity index (χ1) is 14.4. The zero-order chi connectivity index (χ0) is 21.4. The Balaban J connectivity index is 1.89. The van der Waals surface area contributed by atoms with Crippen LogP contribution in [0.2, 0.25) is 0 Å². The lowest BCUT2D eigenvalue weighted by atomic mass is 9.92. The molecule has 156 valence electrons. The molecule has 30 heavy (non-hydrogen) atoms. The Kier molecular flexibility index (Phi) is 5.67. The average Bonchev–Trinajstić information content (AvgIpc) is 3.23. The highest BCUT2D eigenvalue weighted by Gasteiger charge is 2.18. The molecule has 0 fully saturated rings. The molecule has 0 bridgehead atoms. The monoisotopic (exact) mass is 420 g/mol. The molecule has 0 saturated carbocycles. The fraction of sp³-hybridized carbons (Fsp3) is 0.320. The van der Waals surface area contributed by atoms with Crippen LogP contribution in [-0.2, 0) is 0 Å². The Morgan fingerprint density at radius 2 is 1.90 bits per heavy atom. The van der Waals surface area contributed by atoms with Gasteiger partial charge in [0.05, 0.1) is 12.6 Å². The molecule has 0 aliphatic carbocycles. The van der Waals surface area contributed by atoms with Gasteiger partial charge in [-0.25, -0.2) is 0 Å². The van der Waals surface area contributed by atoms with E-state index in [4.69, 9.17) is 4.74 Å². The van der Waals surface area contributed by atoms with Crippen molar-refractivity contribution in [1.29, 1.82) is 0 Å². The molecule has 1 atom stereocenters. The molecule has 0 amide bonds. The van der Waals surface area contributed by atoms with Crippen LogP contribution in [-0.4, -0.2) is 37.6 Å². The SMILES string of the molecule is COc1cc(C)c2[nH]c(=O)c3sccc3c2c1-c1ccc([C@H](C)CCN(C)C)cc1. The van der Waals surface area contributed by atoms with Gasteiger partial charge in [-0.05, 0) is 74.1 Å². The van der Waals surface area contributed by atoms with Gasteiger partial charge in [-0.15, -0.1) is 11.3 Å². The third kappa shape index (κ3) is 3.64. The molecular weight excluding hydrogens is 392 g/mol. The van der Waals surface area contributed by atoms with E-state index in [1.807, 2.05) is 24.4 Å². The predicted octanol–water partition coefficient (Wildman–Crippen LogP) is 5.78. The number of benzene rings is 2. The quantitative estimate of drug-likeness (QED) is 0.430. The van der Waals surface area contributed by atoms with Gasteiger partial charge in [0.1, 0.15) is 10.4 Å². The van der Waals surface area contributed by atoms with Crippen molar-refractivity contribution >= 4 is 32.3 Å². The van der Waals surface area contributed by atoms with Crippen LogP contribution < -0.4 is 10.3 Å². The first-order valence-corrected chi connectivity index (χ1v) is 11.1. The number of H-pyrrole nitrogens is 1. The molecule has 2 heterocycles. The Labute approximate surface area is 181 Å². The van der Waals surface area contributed by atoms with Crippen LogP contribution >= 0.6 is 11.3 Å². The number of hydrogen-bond donors (Lipinski definition) is 1. The highest BCUT2D eigenvalue weighted by Crippen LogP contribution is 2.42. The summed E-state index contributed by atoms with van der Waals surface area (Å²) in [6.45, 7) is 5.36. The van der Waals surface area contributed by atoms with Crippen LogP contribution in [0.15, 0.2) is 46.6 Å². The van der Waals surface area contributed by atoms with Crippen molar-refractivity contribution in [3.8, 4) is 16.9 Å². The standard InChI is InChI=1S/C25H28N2O2S/c1-15(10-12-27(3)4)17-6-8-18(9-7-17)21-20(29-5)14-16(2)23-22(21)19-11-13-30-24(19)25(28)26-23/h6-9,11,13-15H,10,12H2,1-5H3,(H,26,28)/t15-/m1/s1. The van der Waals surface area contributed by atoms with Gasteiger partial charge in [-0.3, -0.25) is 4.79 Å². The van der Waals surface area contributed by atoms with Gasteiger partial charge >= 0.3 is 0 Å². The Hall–Kier alpha value is -2.63. The largest absolute Gasteiger partial charge is 0.496 e. The van der Waals surface area contributed by atoms with Gasteiger partial charge in [-0.1, -0.05) is 31.2 Å². The summed E-state index contributed by atoms with van der Waals surface area (Å²) >= 11 is 1.48. The number of nitrogens with one attached hydrogen (secondary N) is 1. The summed E-state index contributed by atoms with van der Waals surface area (Å²) in [5.74, 6) is 1.32. The lowest BCUT2D eigenvalue weighted by molar-refractivity contribution is 0.386. The third-order valence-corrected chi connectivity index (χ3v) is 6.78. The topological polar surface area (TPSA) is 45.3 Å². The molecule has 0 unspecified atom stereocenters. The molecule has 0 aliphatic rings. The van der Waals surface area contributed by atoms with Crippen LogP contribution in [0.25, 0.3) is 32.1 Å². The number of rotatable bonds is 6. The molecule has 0 radical (unpaired) electrons. The normalized spacial score (nSPS) is 12.7. The minimum Gasteiger partial charge on any atom is -0.496 e. The number of nitrogens with zero attached hydrogens (tertiary/aromatic N) is 1. The zero-order valence-corrected chi connectivity index (χ0v) is 19.0. The smallest absolute Gasteiger partial charge is 0.266 e.